The Balaban J connectivity index is 1.07. The van der Waals surface area contributed by atoms with Crippen LogP contribution in [0.2, 0.25) is 0 Å². The van der Waals surface area contributed by atoms with Gasteiger partial charge in [0.25, 0.3) is 0 Å². The van der Waals surface area contributed by atoms with E-state index < -0.39 is 5.97 Å². The van der Waals surface area contributed by atoms with Crippen LogP contribution < -0.4 is 15.4 Å². The predicted octanol–water partition coefficient (Wildman–Crippen LogP) is 12.6. The van der Waals surface area contributed by atoms with Gasteiger partial charge in [-0.3, -0.25) is 4.79 Å². The van der Waals surface area contributed by atoms with E-state index in [-0.39, 0.29) is 37.9 Å². The molecule has 0 aliphatic rings. The van der Waals surface area contributed by atoms with Gasteiger partial charge >= 0.3 is 5.97 Å². The standard InChI is InChI=1S/C41H38N8O11S2/c1-25-20-37(26(2)19-36(25)47-46-30-5-3-29(4-6-30)44-45-31-9-14-34(15-10-31)61-59-57-53)48-49-40-38(62-60-58-54)22-27-21-32(11-16-35(27)41(40)52)43-24-56-33-12-7-28(8-13-33)42-23-55-18-17-39(50)51/h3-16,19-22,42-43,52-54H,17-18,23-24H2,1-2H3,(H,50,51). The van der Waals surface area contributed by atoms with Crippen molar-refractivity contribution in [2.45, 2.75) is 30.1 Å². The summed E-state index contributed by atoms with van der Waals surface area (Å²) in [6.07, 6.45) is -0.0649. The molecule has 0 saturated carbocycles. The van der Waals surface area contributed by atoms with Crippen LogP contribution in [0.4, 0.5) is 45.5 Å². The van der Waals surface area contributed by atoms with Crippen molar-refractivity contribution in [3.8, 4) is 11.5 Å². The molecular weight excluding hydrogens is 845 g/mol. The van der Waals surface area contributed by atoms with Crippen LogP contribution in [0.5, 0.6) is 11.5 Å². The lowest BCUT2D eigenvalue weighted by molar-refractivity contribution is -0.432. The zero-order valence-corrected chi connectivity index (χ0v) is 34.5. The molecule has 0 saturated heterocycles. The molecule has 0 atom stereocenters. The Labute approximate surface area is 362 Å². The third kappa shape index (κ3) is 13.2. The number of phenolic OH excluding ortho intramolecular Hbond substituents is 1. The molecule has 0 heterocycles. The van der Waals surface area contributed by atoms with Gasteiger partial charge in [-0.25, -0.2) is 10.5 Å². The highest BCUT2D eigenvalue weighted by atomic mass is 32.2. The second-order valence-corrected chi connectivity index (χ2v) is 14.4. The van der Waals surface area contributed by atoms with E-state index in [2.05, 4.69) is 55.7 Å². The van der Waals surface area contributed by atoms with Crippen molar-refractivity contribution in [3.05, 3.63) is 120 Å². The maximum absolute atomic E-state index is 11.4. The Kier molecular flexibility index (Phi) is 16.6. The highest BCUT2D eigenvalue weighted by molar-refractivity contribution is 7.94. The lowest BCUT2D eigenvalue weighted by Crippen LogP contribution is -2.10. The number of rotatable bonds is 22. The molecular formula is C41H38N8O11S2. The lowest BCUT2D eigenvalue weighted by atomic mass is 10.1. The minimum absolute atomic E-state index is 0.0649. The van der Waals surface area contributed by atoms with E-state index in [1.54, 1.807) is 91.0 Å². The number of carboxylic acid groups (broad SMARTS) is 1. The summed E-state index contributed by atoms with van der Waals surface area (Å²) in [5.74, 6) is -0.472. The van der Waals surface area contributed by atoms with Gasteiger partial charge in [-0.05, 0) is 140 Å². The van der Waals surface area contributed by atoms with Crippen LogP contribution in [0.25, 0.3) is 10.8 Å². The summed E-state index contributed by atoms with van der Waals surface area (Å²) >= 11 is 1.49. The summed E-state index contributed by atoms with van der Waals surface area (Å²) in [4.78, 5) is 11.6. The third-order valence-corrected chi connectivity index (χ3v) is 9.80. The highest BCUT2D eigenvalue weighted by Gasteiger charge is 2.16. The summed E-state index contributed by atoms with van der Waals surface area (Å²) < 4.78 is 20.2. The van der Waals surface area contributed by atoms with Gasteiger partial charge < -0.3 is 30.3 Å². The van der Waals surface area contributed by atoms with Gasteiger partial charge in [0.15, 0.2) is 12.5 Å². The molecule has 21 heteroatoms. The fourth-order valence-electron chi connectivity index (χ4n) is 5.45. The van der Waals surface area contributed by atoms with Crippen LogP contribution in [-0.2, 0) is 28.3 Å². The number of benzene rings is 6. The first-order chi connectivity index (χ1) is 30.2. The number of nitrogens with one attached hydrogen (secondary N) is 2. The van der Waals surface area contributed by atoms with Gasteiger partial charge in [0.05, 0.1) is 70.4 Å². The number of carbonyl (C=O) groups is 1. The molecule has 0 spiro atoms. The van der Waals surface area contributed by atoms with Gasteiger partial charge in [0, 0.05) is 21.7 Å². The molecule has 0 aliphatic heterocycles. The quantitative estimate of drug-likeness (QED) is 0.00926. The number of aliphatic carboxylic acids is 1. The minimum atomic E-state index is -0.917. The summed E-state index contributed by atoms with van der Waals surface area (Å²) in [6, 6.07) is 31.9. The van der Waals surface area contributed by atoms with E-state index in [4.69, 9.17) is 29.4 Å². The van der Waals surface area contributed by atoms with Gasteiger partial charge in [0.2, 0.25) is 0 Å². The summed E-state index contributed by atoms with van der Waals surface area (Å²) in [5.41, 5.74) is 6.10. The van der Waals surface area contributed by atoms with Crippen molar-refractivity contribution in [3.63, 3.8) is 0 Å². The molecule has 0 radical (unpaired) electrons. The average molecular weight is 883 g/mol. The second kappa shape index (κ2) is 22.9. The van der Waals surface area contributed by atoms with Gasteiger partial charge in [-0.2, -0.15) is 25.6 Å². The lowest BCUT2D eigenvalue weighted by Gasteiger charge is -2.13. The van der Waals surface area contributed by atoms with Crippen molar-refractivity contribution < 1.29 is 53.7 Å². The van der Waals surface area contributed by atoms with E-state index in [1.165, 1.54) is 0 Å². The average Bonchev–Trinajstić information content (AvgIpc) is 3.28. The molecule has 0 bridgehead atoms. The molecule has 320 valence electrons. The Morgan fingerprint density at radius 3 is 1.84 bits per heavy atom. The Morgan fingerprint density at radius 1 is 0.645 bits per heavy atom. The van der Waals surface area contributed by atoms with Gasteiger partial charge in [-0.15, -0.1) is 13.8 Å². The van der Waals surface area contributed by atoms with Crippen LogP contribution in [0.1, 0.15) is 17.5 Å². The first kappa shape index (κ1) is 45.0. The van der Waals surface area contributed by atoms with Crippen molar-refractivity contribution in [1.29, 1.82) is 0 Å². The Morgan fingerprint density at radius 2 is 1.21 bits per heavy atom. The van der Waals surface area contributed by atoms with Gasteiger partial charge in [-0.1, -0.05) is 10.1 Å². The molecule has 6 aromatic carbocycles. The molecule has 0 amide bonds. The van der Waals surface area contributed by atoms with Crippen molar-refractivity contribution in [1.82, 2.24) is 0 Å². The first-order valence-electron chi connectivity index (χ1n) is 18.3. The number of nitrogens with zero attached hydrogens (tertiary/aromatic N) is 6. The van der Waals surface area contributed by atoms with E-state index in [1.807, 2.05) is 32.0 Å². The van der Waals surface area contributed by atoms with Gasteiger partial charge in [0.1, 0.15) is 18.2 Å². The maximum Gasteiger partial charge on any atom is 0.305 e. The van der Waals surface area contributed by atoms with Crippen LogP contribution in [0.15, 0.2) is 150 Å². The number of aryl methyl sites for hydroxylation is 2. The molecule has 62 heavy (non-hydrogen) atoms. The maximum atomic E-state index is 11.4. The number of hydrogen-bond donors (Lipinski definition) is 6. The number of carboxylic acids is 1. The predicted molar refractivity (Wildman–Crippen MR) is 231 cm³/mol. The zero-order valence-electron chi connectivity index (χ0n) is 32.9. The number of azo groups is 3. The number of hydrogen-bond acceptors (Lipinski definition) is 20. The SMILES string of the molecule is Cc1cc(N=Nc2c(SOOO)cc3cc(NCOc4ccc(NCOCCC(=O)O)cc4)ccc3c2O)c(C)cc1N=Nc1ccc(N=Nc2ccc(SOOO)cc2)cc1. The third-order valence-electron chi connectivity index (χ3n) is 8.59. The van der Waals surface area contributed by atoms with E-state index in [0.29, 0.717) is 72.5 Å². The van der Waals surface area contributed by atoms with Crippen LogP contribution in [0, 0.1) is 13.8 Å². The molecule has 0 fully saturated rings. The number of anilines is 2. The first-order valence-corrected chi connectivity index (χ1v) is 19.8. The van der Waals surface area contributed by atoms with Crippen molar-refractivity contribution in [2.24, 2.45) is 30.7 Å². The van der Waals surface area contributed by atoms with Crippen LogP contribution >= 0.6 is 24.1 Å². The number of aromatic hydroxyl groups is 1. The summed E-state index contributed by atoms with van der Waals surface area (Å²) in [7, 11) is 0. The summed E-state index contributed by atoms with van der Waals surface area (Å²) in [6.45, 7) is 4.15. The number of phenols is 1. The Hall–Kier alpha value is -6.53. The van der Waals surface area contributed by atoms with Crippen LogP contribution in [-0.4, -0.2) is 46.8 Å². The van der Waals surface area contributed by atoms with E-state index in [9.17, 15) is 9.90 Å². The molecule has 19 nitrogen and oxygen atoms in total. The molecule has 0 aromatic heterocycles. The highest BCUT2D eigenvalue weighted by Crippen LogP contribution is 2.45. The minimum Gasteiger partial charge on any atom is -0.505 e. The molecule has 6 aromatic rings. The molecule has 0 aliphatic carbocycles. The number of fused-ring (bicyclic) bond motifs is 1. The smallest absolute Gasteiger partial charge is 0.305 e. The van der Waals surface area contributed by atoms with Crippen LogP contribution in [0.3, 0.4) is 0 Å². The normalized spacial score (nSPS) is 11.6. The molecule has 6 N–H and O–H groups in total. The largest absolute Gasteiger partial charge is 0.505 e. The number of ether oxygens (including phenoxy) is 2. The van der Waals surface area contributed by atoms with Crippen molar-refractivity contribution >= 4 is 86.3 Å². The van der Waals surface area contributed by atoms with Crippen molar-refractivity contribution in [2.75, 3.05) is 30.7 Å². The topological polar surface area (TPSA) is 252 Å². The van der Waals surface area contributed by atoms with E-state index >= 15 is 0 Å². The fraction of sp³-hybridized carbons (Fsp3) is 0.146. The Bertz CT molecular complexity index is 2530. The zero-order chi connectivity index (χ0) is 43.7. The second-order valence-electron chi connectivity index (χ2n) is 12.9. The fourth-order valence-corrected chi connectivity index (χ4v) is 6.30. The monoisotopic (exact) mass is 882 g/mol. The summed E-state index contributed by atoms with van der Waals surface area (Å²) in [5, 5.41) is 78.1. The molecule has 6 rings (SSSR count). The van der Waals surface area contributed by atoms with E-state index in [0.717, 1.165) is 28.9 Å². The molecule has 0 unspecified atom stereocenters.